The van der Waals surface area contributed by atoms with E-state index in [0.29, 0.717) is 6.04 Å². The van der Waals surface area contributed by atoms with E-state index in [1.807, 2.05) is 11.0 Å². The fourth-order valence-electron chi connectivity index (χ4n) is 1.15. The first-order chi connectivity index (χ1) is 5.25. The van der Waals surface area contributed by atoms with Crippen molar-refractivity contribution in [2.45, 2.75) is 19.9 Å². The third kappa shape index (κ3) is 1.22. The van der Waals surface area contributed by atoms with Gasteiger partial charge in [-0.05, 0) is 25.8 Å². The number of hydrogen-bond acceptors (Lipinski definition) is 3. The van der Waals surface area contributed by atoms with Crippen LogP contribution in [0.2, 0.25) is 0 Å². The first-order valence-corrected chi connectivity index (χ1v) is 4.66. The normalized spacial score (nSPS) is 22.5. The van der Waals surface area contributed by atoms with E-state index in [1.54, 1.807) is 11.9 Å². The summed E-state index contributed by atoms with van der Waals surface area (Å²) in [7, 11) is 0. The molecule has 0 amide bonds. The van der Waals surface area contributed by atoms with Gasteiger partial charge in [-0.15, -0.1) is 0 Å². The van der Waals surface area contributed by atoms with Gasteiger partial charge in [0.15, 0.2) is 0 Å². The van der Waals surface area contributed by atoms with Gasteiger partial charge in [0.2, 0.25) is 0 Å². The average Bonchev–Trinajstić information content (AvgIpc) is 2.27. The highest BCUT2D eigenvalue weighted by molar-refractivity contribution is 7.97. The number of nitrogens with zero attached hydrogens (tertiary/aromatic N) is 2. The van der Waals surface area contributed by atoms with Gasteiger partial charge in [-0.2, -0.15) is 9.19 Å². The van der Waals surface area contributed by atoms with Crippen molar-refractivity contribution in [1.82, 2.24) is 9.19 Å². The van der Waals surface area contributed by atoms with Crippen LogP contribution in [0.25, 0.3) is 0 Å². The number of anilines is 1. The van der Waals surface area contributed by atoms with E-state index >= 15 is 0 Å². The second-order valence-corrected chi connectivity index (χ2v) is 3.82. The highest BCUT2D eigenvalue weighted by atomic mass is 32.2. The zero-order valence-electron chi connectivity index (χ0n) is 6.66. The van der Waals surface area contributed by atoms with Crippen LogP contribution >= 0.6 is 11.9 Å². The Morgan fingerprint density at radius 3 is 3.45 bits per heavy atom. The number of hydrogen-bond donors (Lipinski definition) is 1. The Balaban J connectivity index is 2.34. The van der Waals surface area contributed by atoms with Crippen molar-refractivity contribution in [2.24, 2.45) is 0 Å². The standard InChI is InChI=1S/C7H11N3S/c1-5-3-7-8-6(2)4-11-10(7)9-5/h3,6,8H,4H2,1-2H3. The van der Waals surface area contributed by atoms with Crippen molar-refractivity contribution in [3.8, 4) is 0 Å². The van der Waals surface area contributed by atoms with Crippen LogP contribution < -0.4 is 5.32 Å². The zero-order valence-corrected chi connectivity index (χ0v) is 7.48. The second-order valence-electron chi connectivity index (χ2n) is 2.89. The molecule has 1 aliphatic heterocycles. The minimum atomic E-state index is 0.559. The molecular weight excluding hydrogens is 158 g/mol. The number of nitrogens with one attached hydrogen (secondary N) is 1. The van der Waals surface area contributed by atoms with Crippen LogP contribution in [0.5, 0.6) is 0 Å². The Hall–Kier alpha value is -0.640. The molecule has 0 bridgehead atoms. The fraction of sp³-hybridized carbons (Fsp3) is 0.571. The average molecular weight is 169 g/mol. The van der Waals surface area contributed by atoms with E-state index in [1.165, 1.54) is 0 Å². The molecule has 3 nitrogen and oxygen atoms in total. The van der Waals surface area contributed by atoms with Crippen molar-refractivity contribution in [1.29, 1.82) is 0 Å². The summed E-state index contributed by atoms with van der Waals surface area (Å²) in [5.74, 6) is 2.22. The van der Waals surface area contributed by atoms with Gasteiger partial charge in [-0.3, -0.25) is 0 Å². The lowest BCUT2D eigenvalue weighted by atomic mass is 10.4. The molecule has 2 heterocycles. The first-order valence-electron chi connectivity index (χ1n) is 3.72. The topological polar surface area (TPSA) is 29.9 Å². The number of rotatable bonds is 0. The number of aromatic nitrogens is 2. The van der Waals surface area contributed by atoms with Crippen LogP contribution in [0.3, 0.4) is 0 Å². The predicted molar refractivity (Wildman–Crippen MR) is 47.9 cm³/mol. The lowest BCUT2D eigenvalue weighted by molar-refractivity contribution is 0.847. The smallest absolute Gasteiger partial charge is 0.137 e. The van der Waals surface area contributed by atoms with Crippen molar-refractivity contribution in [2.75, 3.05) is 11.1 Å². The molecule has 1 aliphatic rings. The quantitative estimate of drug-likeness (QED) is 0.638. The molecule has 1 N–H and O–H groups in total. The maximum atomic E-state index is 4.30. The lowest BCUT2D eigenvalue weighted by Gasteiger charge is -2.20. The molecule has 0 fully saturated rings. The second kappa shape index (κ2) is 2.44. The molecule has 11 heavy (non-hydrogen) atoms. The Kier molecular flexibility index (Phi) is 1.56. The molecule has 1 atom stereocenters. The molecule has 0 saturated heterocycles. The Morgan fingerprint density at radius 2 is 2.64 bits per heavy atom. The summed E-state index contributed by atoms with van der Waals surface area (Å²) in [5.41, 5.74) is 1.08. The molecular formula is C7H11N3S. The van der Waals surface area contributed by atoms with Crippen LogP contribution in [0, 0.1) is 6.92 Å². The van der Waals surface area contributed by atoms with Crippen molar-refractivity contribution in [3.63, 3.8) is 0 Å². The minimum absolute atomic E-state index is 0.559. The Bertz CT molecular complexity index is 269. The van der Waals surface area contributed by atoms with Gasteiger partial charge in [0.25, 0.3) is 0 Å². The van der Waals surface area contributed by atoms with Gasteiger partial charge in [-0.25, -0.2) is 0 Å². The van der Waals surface area contributed by atoms with Crippen molar-refractivity contribution < 1.29 is 0 Å². The molecule has 0 aliphatic carbocycles. The van der Waals surface area contributed by atoms with Gasteiger partial charge >= 0.3 is 0 Å². The summed E-state index contributed by atoms with van der Waals surface area (Å²) in [6.07, 6.45) is 0. The molecule has 60 valence electrons. The summed E-state index contributed by atoms with van der Waals surface area (Å²) in [4.78, 5) is 0. The molecule has 0 radical (unpaired) electrons. The van der Waals surface area contributed by atoms with Crippen LogP contribution in [0.15, 0.2) is 6.07 Å². The lowest BCUT2D eigenvalue weighted by Crippen LogP contribution is -2.24. The van der Waals surface area contributed by atoms with Gasteiger partial charge in [0.05, 0.1) is 5.69 Å². The van der Waals surface area contributed by atoms with Gasteiger partial charge < -0.3 is 5.32 Å². The van der Waals surface area contributed by atoms with Crippen LogP contribution in [-0.4, -0.2) is 21.0 Å². The van der Waals surface area contributed by atoms with Crippen LogP contribution in [0.4, 0.5) is 5.82 Å². The summed E-state index contributed by atoms with van der Waals surface area (Å²) in [6, 6.07) is 2.63. The third-order valence-electron chi connectivity index (χ3n) is 1.64. The monoisotopic (exact) mass is 169 g/mol. The largest absolute Gasteiger partial charge is 0.366 e. The Morgan fingerprint density at radius 1 is 1.82 bits per heavy atom. The van der Waals surface area contributed by atoms with E-state index in [4.69, 9.17) is 0 Å². The third-order valence-corrected chi connectivity index (χ3v) is 2.81. The molecule has 1 unspecified atom stereocenters. The molecule has 4 heteroatoms. The molecule has 0 saturated carbocycles. The highest BCUT2D eigenvalue weighted by Gasteiger charge is 2.15. The molecule has 2 rings (SSSR count). The maximum absolute atomic E-state index is 4.30. The Labute approximate surface area is 70.3 Å². The molecule has 1 aromatic heterocycles. The summed E-state index contributed by atoms with van der Waals surface area (Å²) in [5, 5.41) is 7.66. The SMILES string of the molecule is Cc1cc2n(n1)SCC(C)N2. The van der Waals surface area contributed by atoms with Crippen molar-refractivity contribution in [3.05, 3.63) is 11.8 Å². The van der Waals surface area contributed by atoms with E-state index in [0.717, 1.165) is 17.3 Å². The molecule has 1 aromatic rings. The fourth-order valence-corrected chi connectivity index (χ4v) is 2.03. The number of aryl methyl sites for hydroxylation is 1. The first kappa shape index (κ1) is 7.03. The summed E-state index contributed by atoms with van der Waals surface area (Å²) in [6.45, 7) is 4.19. The maximum Gasteiger partial charge on any atom is 0.137 e. The minimum Gasteiger partial charge on any atom is -0.366 e. The predicted octanol–water partition coefficient (Wildman–Crippen LogP) is 1.50. The summed E-state index contributed by atoms with van der Waals surface area (Å²) >= 11 is 1.76. The van der Waals surface area contributed by atoms with E-state index < -0.39 is 0 Å². The van der Waals surface area contributed by atoms with Crippen molar-refractivity contribution >= 4 is 17.8 Å². The van der Waals surface area contributed by atoms with E-state index in [2.05, 4.69) is 23.4 Å². The van der Waals surface area contributed by atoms with Gasteiger partial charge in [0, 0.05) is 17.9 Å². The number of fused-ring (bicyclic) bond motifs is 1. The molecule has 0 spiro atoms. The molecule has 0 aromatic carbocycles. The van der Waals surface area contributed by atoms with Gasteiger partial charge in [0.1, 0.15) is 5.82 Å². The van der Waals surface area contributed by atoms with Gasteiger partial charge in [-0.1, -0.05) is 0 Å². The van der Waals surface area contributed by atoms with Crippen LogP contribution in [0.1, 0.15) is 12.6 Å². The van der Waals surface area contributed by atoms with E-state index in [-0.39, 0.29) is 0 Å². The zero-order chi connectivity index (χ0) is 7.84. The van der Waals surface area contributed by atoms with E-state index in [9.17, 15) is 0 Å². The highest BCUT2D eigenvalue weighted by Crippen LogP contribution is 2.23. The van der Waals surface area contributed by atoms with Crippen LogP contribution in [-0.2, 0) is 0 Å². The summed E-state index contributed by atoms with van der Waals surface area (Å²) < 4.78 is 1.95.